The average molecular weight is 339 g/mol. The van der Waals surface area contributed by atoms with Crippen molar-refractivity contribution in [3.05, 3.63) is 12.3 Å². The van der Waals surface area contributed by atoms with Crippen molar-refractivity contribution < 1.29 is 4.79 Å². The van der Waals surface area contributed by atoms with Crippen molar-refractivity contribution in [2.45, 2.75) is 110 Å². The van der Waals surface area contributed by atoms with Crippen LogP contribution < -0.4 is 11.1 Å². The van der Waals surface area contributed by atoms with Crippen LogP contribution in [0.5, 0.6) is 0 Å². The van der Waals surface area contributed by atoms with Crippen molar-refractivity contribution in [3.8, 4) is 0 Å². The molecule has 0 aromatic rings. The van der Waals surface area contributed by atoms with E-state index < -0.39 is 0 Å². The van der Waals surface area contributed by atoms with Crippen molar-refractivity contribution in [1.29, 1.82) is 0 Å². The van der Waals surface area contributed by atoms with E-state index in [0.717, 1.165) is 6.42 Å². The highest BCUT2D eigenvalue weighted by atomic mass is 16.1. The number of hydrogen-bond donors (Lipinski definition) is 2. The Bertz CT molecular complexity index is 290. The minimum absolute atomic E-state index is 0.106. The van der Waals surface area contributed by atoms with Crippen LogP contribution in [0, 0.1) is 0 Å². The molecule has 0 atom stereocenters. The highest BCUT2D eigenvalue weighted by molar-refractivity contribution is 5.76. The number of amides is 1. The fraction of sp³-hybridized carbons (Fsp3) is 0.857. The number of nitrogens with two attached hydrogens (primary N) is 1. The molecule has 3 nitrogen and oxygen atoms in total. The third-order valence-electron chi connectivity index (χ3n) is 4.51. The Morgan fingerprint density at radius 1 is 0.750 bits per heavy atom. The van der Waals surface area contributed by atoms with Crippen LogP contribution >= 0.6 is 0 Å². The van der Waals surface area contributed by atoms with Crippen LogP contribution in [0.25, 0.3) is 0 Å². The molecule has 0 bridgehead atoms. The standard InChI is InChI=1S/C21H42N2O/c1-2-3-4-5-6-7-8-9-10-11-12-13-14-15-16-18-21(24)23-20-17-19-22/h17,20H,2-16,18-19,22H2,1H3,(H,23,24). The van der Waals surface area contributed by atoms with Crippen molar-refractivity contribution >= 4 is 5.91 Å². The molecule has 0 aromatic heterocycles. The van der Waals surface area contributed by atoms with Crippen LogP contribution in [-0.2, 0) is 4.79 Å². The van der Waals surface area contributed by atoms with E-state index in [0.29, 0.717) is 13.0 Å². The predicted octanol–water partition coefficient (Wildman–Crippen LogP) is 5.84. The molecule has 142 valence electrons. The van der Waals surface area contributed by atoms with Gasteiger partial charge in [-0.25, -0.2) is 0 Å². The molecule has 0 saturated heterocycles. The number of carbonyl (C=O) groups excluding carboxylic acids is 1. The van der Waals surface area contributed by atoms with Gasteiger partial charge in [-0.2, -0.15) is 0 Å². The molecule has 24 heavy (non-hydrogen) atoms. The Balaban J connectivity index is 3.10. The molecule has 0 aliphatic carbocycles. The van der Waals surface area contributed by atoms with Gasteiger partial charge in [0.05, 0.1) is 0 Å². The number of hydrogen-bond acceptors (Lipinski definition) is 2. The van der Waals surface area contributed by atoms with E-state index in [9.17, 15) is 4.79 Å². The number of unbranched alkanes of at least 4 members (excludes halogenated alkanes) is 14. The van der Waals surface area contributed by atoms with Gasteiger partial charge < -0.3 is 11.1 Å². The maximum atomic E-state index is 11.4. The lowest BCUT2D eigenvalue weighted by atomic mass is 10.0. The Hall–Kier alpha value is -0.830. The van der Waals surface area contributed by atoms with Gasteiger partial charge >= 0.3 is 0 Å². The third kappa shape index (κ3) is 19.2. The molecule has 0 unspecified atom stereocenters. The molecule has 3 heteroatoms. The van der Waals surface area contributed by atoms with Gasteiger partial charge in [0, 0.05) is 19.2 Å². The summed E-state index contributed by atoms with van der Waals surface area (Å²) in [6, 6.07) is 0. The zero-order valence-electron chi connectivity index (χ0n) is 16.2. The molecule has 0 aliphatic heterocycles. The van der Waals surface area contributed by atoms with Crippen LogP contribution in [0.15, 0.2) is 12.3 Å². The van der Waals surface area contributed by atoms with Crippen LogP contribution in [-0.4, -0.2) is 12.5 Å². The minimum Gasteiger partial charge on any atom is -0.333 e. The molecule has 0 saturated carbocycles. The number of rotatable bonds is 18. The van der Waals surface area contributed by atoms with E-state index in [-0.39, 0.29) is 5.91 Å². The van der Waals surface area contributed by atoms with Crippen LogP contribution in [0.3, 0.4) is 0 Å². The molecule has 0 fully saturated rings. The highest BCUT2D eigenvalue weighted by Crippen LogP contribution is 2.13. The second kappa shape index (κ2) is 20.2. The first-order valence-corrected chi connectivity index (χ1v) is 10.5. The molecule has 0 aromatic carbocycles. The fourth-order valence-electron chi connectivity index (χ4n) is 2.95. The normalized spacial score (nSPS) is 11.2. The maximum Gasteiger partial charge on any atom is 0.223 e. The number of carbonyl (C=O) groups is 1. The van der Waals surface area contributed by atoms with E-state index in [1.807, 2.05) is 0 Å². The Labute approximate surface area is 150 Å². The van der Waals surface area contributed by atoms with Gasteiger partial charge in [-0.15, -0.1) is 0 Å². The minimum atomic E-state index is 0.106. The highest BCUT2D eigenvalue weighted by Gasteiger charge is 1.98. The first-order valence-electron chi connectivity index (χ1n) is 10.5. The van der Waals surface area contributed by atoms with Crippen molar-refractivity contribution in [3.63, 3.8) is 0 Å². The van der Waals surface area contributed by atoms with Gasteiger partial charge in [-0.1, -0.05) is 103 Å². The molecule has 0 rings (SSSR count). The van der Waals surface area contributed by atoms with Gasteiger partial charge in [0.15, 0.2) is 0 Å². The zero-order valence-corrected chi connectivity index (χ0v) is 16.2. The van der Waals surface area contributed by atoms with Crippen molar-refractivity contribution in [2.75, 3.05) is 6.54 Å². The maximum absolute atomic E-state index is 11.4. The average Bonchev–Trinajstić information content (AvgIpc) is 2.58. The zero-order chi connectivity index (χ0) is 17.7. The van der Waals surface area contributed by atoms with Crippen molar-refractivity contribution in [1.82, 2.24) is 5.32 Å². The quantitative estimate of drug-likeness (QED) is 0.309. The Kier molecular flexibility index (Phi) is 19.5. The molecule has 0 radical (unpaired) electrons. The summed E-state index contributed by atoms with van der Waals surface area (Å²) < 4.78 is 0. The summed E-state index contributed by atoms with van der Waals surface area (Å²) in [5.41, 5.74) is 5.31. The summed E-state index contributed by atoms with van der Waals surface area (Å²) in [5.74, 6) is 0.106. The Morgan fingerprint density at radius 2 is 1.17 bits per heavy atom. The lowest BCUT2D eigenvalue weighted by Crippen LogP contribution is -2.16. The Morgan fingerprint density at radius 3 is 1.58 bits per heavy atom. The summed E-state index contributed by atoms with van der Waals surface area (Å²) in [6.07, 6.45) is 24.3. The van der Waals surface area contributed by atoms with E-state index in [4.69, 9.17) is 5.73 Å². The van der Waals surface area contributed by atoms with Gasteiger partial charge in [0.2, 0.25) is 5.91 Å². The van der Waals surface area contributed by atoms with Gasteiger partial charge in [-0.05, 0) is 6.42 Å². The van der Waals surface area contributed by atoms with Crippen LogP contribution in [0.1, 0.15) is 110 Å². The number of nitrogens with one attached hydrogen (secondary N) is 1. The lowest BCUT2D eigenvalue weighted by molar-refractivity contribution is -0.120. The van der Waals surface area contributed by atoms with E-state index in [1.54, 1.807) is 12.3 Å². The van der Waals surface area contributed by atoms with E-state index in [1.165, 1.54) is 89.9 Å². The topological polar surface area (TPSA) is 55.1 Å². The van der Waals surface area contributed by atoms with E-state index in [2.05, 4.69) is 12.2 Å². The molecule has 3 N–H and O–H groups in total. The van der Waals surface area contributed by atoms with Crippen LogP contribution in [0.4, 0.5) is 0 Å². The first kappa shape index (κ1) is 23.2. The summed E-state index contributed by atoms with van der Waals surface area (Å²) >= 11 is 0. The molecular weight excluding hydrogens is 296 g/mol. The second-order valence-electron chi connectivity index (χ2n) is 6.91. The molecule has 0 spiro atoms. The summed E-state index contributed by atoms with van der Waals surface area (Å²) in [7, 11) is 0. The first-order chi connectivity index (χ1) is 11.8. The molecule has 0 heterocycles. The summed E-state index contributed by atoms with van der Waals surface area (Å²) in [6.45, 7) is 2.75. The smallest absolute Gasteiger partial charge is 0.223 e. The predicted molar refractivity (Wildman–Crippen MR) is 106 cm³/mol. The fourth-order valence-corrected chi connectivity index (χ4v) is 2.95. The summed E-state index contributed by atoms with van der Waals surface area (Å²) in [5, 5.41) is 2.73. The SMILES string of the molecule is CCCCCCCCCCCCCCCCCC(=O)NC=CCN. The second-order valence-corrected chi connectivity index (χ2v) is 6.91. The molecular formula is C21H42N2O. The molecule has 0 aliphatic rings. The third-order valence-corrected chi connectivity index (χ3v) is 4.51. The van der Waals surface area contributed by atoms with Crippen molar-refractivity contribution in [2.24, 2.45) is 5.73 Å². The summed E-state index contributed by atoms with van der Waals surface area (Å²) in [4.78, 5) is 11.4. The van der Waals surface area contributed by atoms with Gasteiger partial charge in [-0.3, -0.25) is 4.79 Å². The monoisotopic (exact) mass is 338 g/mol. The van der Waals surface area contributed by atoms with Gasteiger partial charge in [0.25, 0.3) is 0 Å². The molecule has 1 amide bonds. The van der Waals surface area contributed by atoms with Crippen LogP contribution in [0.2, 0.25) is 0 Å². The largest absolute Gasteiger partial charge is 0.333 e. The van der Waals surface area contributed by atoms with Gasteiger partial charge in [0.1, 0.15) is 0 Å². The lowest BCUT2D eigenvalue weighted by Gasteiger charge is -2.03. The van der Waals surface area contributed by atoms with E-state index >= 15 is 0 Å².